The van der Waals surface area contributed by atoms with Crippen molar-refractivity contribution in [2.24, 2.45) is 0 Å². The van der Waals surface area contributed by atoms with Gasteiger partial charge in [-0.3, -0.25) is 4.68 Å². The van der Waals surface area contributed by atoms with Crippen LogP contribution in [0.4, 0.5) is 22.0 Å². The summed E-state index contributed by atoms with van der Waals surface area (Å²) < 4.78 is 83.1. The summed E-state index contributed by atoms with van der Waals surface area (Å²) in [6.45, 7) is 5.67. The molecule has 0 saturated heterocycles. The molecule has 3 aromatic rings. The summed E-state index contributed by atoms with van der Waals surface area (Å²) in [6.07, 6.45) is 1.53. The number of halogens is 6. The van der Waals surface area contributed by atoms with Crippen molar-refractivity contribution in [3.63, 3.8) is 0 Å². The first-order valence-electron chi connectivity index (χ1n) is 10.8. The van der Waals surface area contributed by atoms with Gasteiger partial charge in [-0.05, 0) is 73.1 Å². The van der Waals surface area contributed by atoms with E-state index in [4.69, 9.17) is 0 Å². The first-order valence-corrected chi connectivity index (χ1v) is 12.8. The molecule has 0 radical (unpaired) electrons. The van der Waals surface area contributed by atoms with Crippen LogP contribution in [0.3, 0.4) is 0 Å². The van der Waals surface area contributed by atoms with Crippen LogP contribution in [-0.2, 0) is 29.2 Å². The summed E-state index contributed by atoms with van der Waals surface area (Å²) in [6, 6.07) is 6.05. The predicted octanol–water partition coefficient (Wildman–Crippen LogP) is 7.35. The van der Waals surface area contributed by atoms with Crippen molar-refractivity contribution in [2.75, 3.05) is 0 Å². The first-order chi connectivity index (χ1) is 16.3. The first kappa shape index (κ1) is 27.5. The smallest absolute Gasteiger partial charge is 0.259 e. The van der Waals surface area contributed by atoms with E-state index in [0.717, 1.165) is 36.4 Å². The van der Waals surface area contributed by atoms with Crippen molar-refractivity contribution < 1.29 is 26.2 Å². The van der Waals surface area contributed by atoms with Crippen molar-refractivity contribution in [1.29, 1.82) is 0 Å². The highest BCUT2D eigenvalue weighted by molar-refractivity contribution is 9.10. The van der Waals surface area contributed by atoms with Crippen LogP contribution in [-0.4, -0.2) is 14.0 Å². The van der Waals surface area contributed by atoms with Gasteiger partial charge in [0.25, 0.3) is 0 Å². The molecule has 4 nitrogen and oxygen atoms in total. The molecule has 0 bridgehead atoms. The number of hydrogen-bond donors (Lipinski definition) is 1. The maximum atomic E-state index is 14.0. The largest absolute Gasteiger partial charge is 0.416 e. The molecule has 1 aromatic heterocycles. The molecule has 4 rings (SSSR count). The van der Waals surface area contributed by atoms with E-state index in [1.54, 1.807) is 4.68 Å². The summed E-state index contributed by atoms with van der Waals surface area (Å²) in [7, 11) is -1.81. The molecule has 1 unspecified atom stereocenters. The van der Waals surface area contributed by atoms with E-state index >= 15 is 0 Å². The average molecular weight is 578 g/mol. The van der Waals surface area contributed by atoms with Gasteiger partial charge in [0.05, 0.1) is 27.9 Å². The lowest BCUT2D eigenvalue weighted by molar-refractivity contribution is -0.137. The molecule has 0 spiro atoms. The number of hydrogen-bond acceptors (Lipinski definition) is 2. The van der Waals surface area contributed by atoms with E-state index in [9.17, 15) is 26.2 Å². The minimum absolute atomic E-state index is 0.0183. The van der Waals surface area contributed by atoms with Gasteiger partial charge in [0, 0.05) is 22.1 Å². The van der Waals surface area contributed by atoms with Crippen LogP contribution in [0, 0.1) is 11.6 Å². The minimum Gasteiger partial charge on any atom is -0.259 e. The Kier molecular flexibility index (Phi) is 8.54. The third-order valence-corrected chi connectivity index (χ3v) is 6.65. The van der Waals surface area contributed by atoms with Gasteiger partial charge in [0.2, 0.25) is 0 Å². The zero-order chi connectivity index (χ0) is 26.0. The van der Waals surface area contributed by atoms with Crippen molar-refractivity contribution >= 4 is 26.9 Å². The van der Waals surface area contributed by atoms with E-state index in [2.05, 4.69) is 25.8 Å². The monoisotopic (exact) mass is 577 g/mol. The molecule has 1 aliphatic rings. The Balaban J connectivity index is 0.00000106. The van der Waals surface area contributed by atoms with Gasteiger partial charge in [0.1, 0.15) is 11.0 Å². The van der Waals surface area contributed by atoms with Crippen LogP contribution in [0.25, 0.3) is 11.3 Å². The zero-order valence-electron chi connectivity index (χ0n) is 19.3. The van der Waals surface area contributed by atoms with E-state index in [1.807, 2.05) is 20.8 Å². The molecule has 1 saturated carbocycles. The Morgan fingerprint density at radius 2 is 1.60 bits per heavy atom. The van der Waals surface area contributed by atoms with Gasteiger partial charge < -0.3 is 0 Å². The lowest BCUT2D eigenvalue weighted by Gasteiger charge is -2.24. The fourth-order valence-corrected chi connectivity index (χ4v) is 4.35. The average Bonchev–Trinajstić information content (AvgIpc) is 3.59. The molecule has 2 aromatic carbocycles. The highest BCUT2D eigenvalue weighted by Gasteiger charge is 2.30. The van der Waals surface area contributed by atoms with Gasteiger partial charge >= 0.3 is 6.18 Å². The molecule has 1 N–H and O–H groups in total. The Morgan fingerprint density at radius 3 is 2.11 bits per heavy atom. The van der Waals surface area contributed by atoms with E-state index in [-0.39, 0.29) is 11.4 Å². The van der Waals surface area contributed by atoms with Gasteiger partial charge in [-0.2, -0.15) is 18.3 Å². The molecule has 0 aliphatic heterocycles. The Hall–Kier alpha value is -2.11. The number of rotatable bonds is 5. The summed E-state index contributed by atoms with van der Waals surface area (Å²) in [5.41, 5.74) is 0.0421. The lowest BCUT2D eigenvalue weighted by Crippen LogP contribution is -2.25. The van der Waals surface area contributed by atoms with Crippen molar-refractivity contribution in [3.8, 4) is 11.3 Å². The molecule has 190 valence electrons. The highest BCUT2D eigenvalue weighted by Crippen LogP contribution is 2.35. The second-order valence-electron chi connectivity index (χ2n) is 9.02. The Labute approximate surface area is 211 Å². The Morgan fingerprint density at radius 1 is 1.03 bits per heavy atom. The molecule has 35 heavy (non-hydrogen) atoms. The van der Waals surface area contributed by atoms with Gasteiger partial charge in [-0.1, -0.05) is 19.3 Å². The van der Waals surface area contributed by atoms with Crippen LogP contribution >= 0.6 is 15.9 Å². The number of nitrogens with zero attached hydrogens (tertiary/aromatic N) is 2. The lowest BCUT2D eigenvalue weighted by atomic mass is 10.0. The highest BCUT2D eigenvalue weighted by atomic mass is 79.9. The summed E-state index contributed by atoms with van der Waals surface area (Å²) in [5, 5.41) is 4.36. The summed E-state index contributed by atoms with van der Waals surface area (Å²) >= 11 is 3.26. The van der Waals surface area contributed by atoms with Gasteiger partial charge in [0.15, 0.2) is 11.6 Å². The van der Waals surface area contributed by atoms with Gasteiger partial charge in [-0.15, -0.1) is 0 Å². The maximum Gasteiger partial charge on any atom is 0.416 e. The van der Waals surface area contributed by atoms with Crippen LogP contribution in [0.2, 0.25) is 0 Å². The number of benzene rings is 2. The number of aromatic nitrogens is 2. The predicted molar refractivity (Wildman–Crippen MR) is 129 cm³/mol. The number of nitrogens with one attached hydrogen (secondary N) is 1. The van der Waals surface area contributed by atoms with Crippen LogP contribution in [0.1, 0.15) is 51.2 Å². The van der Waals surface area contributed by atoms with E-state index in [1.165, 1.54) is 25.5 Å². The normalized spacial score (nSPS) is 14.3. The third kappa shape index (κ3) is 7.20. The summed E-state index contributed by atoms with van der Waals surface area (Å²) in [5.74, 6) is -2.04. The second-order valence-corrected chi connectivity index (χ2v) is 11.2. The molecular formula is C24H25BrF5N3OS. The van der Waals surface area contributed by atoms with Crippen molar-refractivity contribution in [3.05, 3.63) is 69.8 Å². The number of alkyl halides is 3. The van der Waals surface area contributed by atoms with E-state index in [0.29, 0.717) is 21.3 Å². The molecule has 1 aliphatic carbocycles. The van der Waals surface area contributed by atoms with Crippen LogP contribution < -0.4 is 4.72 Å². The molecule has 1 heterocycles. The van der Waals surface area contributed by atoms with Crippen LogP contribution in [0.15, 0.2) is 52.0 Å². The topological polar surface area (TPSA) is 46.9 Å². The van der Waals surface area contributed by atoms with Crippen molar-refractivity contribution in [2.45, 2.75) is 63.2 Å². The maximum absolute atomic E-state index is 14.0. The fraction of sp³-hybridized carbons (Fsp3) is 0.375. The standard InChI is InChI=1S/C21H19BrF5N3OS.C3H6/c1-20(2,3)30-19(15-8-17(23)18(24)9-16(15)22)12(10-28-30)11-29-32(31)14-6-4-13(5-7-14)21(25,26)27;1-2-3-1/h4-10,29H,11H2,1-3H3;1-3H2. The molecular weight excluding hydrogens is 553 g/mol. The van der Waals surface area contributed by atoms with Crippen molar-refractivity contribution in [1.82, 2.24) is 14.5 Å². The SMILES string of the molecule is C1CC1.CC(C)(C)n1ncc(CNS(=O)c2ccc(C(F)(F)F)cc2)c1-c1cc(F)c(F)cc1Br. The van der Waals surface area contributed by atoms with E-state index < -0.39 is 39.9 Å². The van der Waals surface area contributed by atoms with Gasteiger partial charge in [-0.25, -0.2) is 17.7 Å². The molecule has 1 atom stereocenters. The quantitative estimate of drug-likeness (QED) is 0.254. The molecule has 11 heteroatoms. The molecule has 0 amide bonds. The minimum atomic E-state index is -4.48. The summed E-state index contributed by atoms with van der Waals surface area (Å²) in [4.78, 5) is 0.164. The second kappa shape index (κ2) is 10.9. The third-order valence-electron chi connectivity index (χ3n) is 4.89. The molecule has 1 fully saturated rings. The fourth-order valence-electron chi connectivity index (χ4n) is 3.01. The van der Waals surface area contributed by atoms with Crippen LogP contribution in [0.5, 0.6) is 0 Å². The zero-order valence-corrected chi connectivity index (χ0v) is 21.8. The Bertz CT molecular complexity index is 1200.